The van der Waals surface area contributed by atoms with Gasteiger partial charge in [-0.2, -0.15) is 0 Å². The molecule has 9 heteroatoms. The third kappa shape index (κ3) is 8.36. The Morgan fingerprint density at radius 2 is 1.86 bits per heavy atom. The Bertz CT molecular complexity index is 996. The van der Waals surface area contributed by atoms with Crippen molar-refractivity contribution < 1.29 is 38.4 Å². The Morgan fingerprint density at radius 1 is 1.11 bits per heavy atom. The summed E-state index contributed by atoms with van der Waals surface area (Å²) < 4.78 is 28.0. The maximum Gasteiger partial charge on any atom is 0.407 e. The summed E-state index contributed by atoms with van der Waals surface area (Å²) in [5.41, 5.74) is 2.02. The van der Waals surface area contributed by atoms with Crippen molar-refractivity contribution in [3.63, 3.8) is 0 Å². The lowest BCUT2D eigenvalue weighted by molar-refractivity contribution is -0.161. The molecule has 0 saturated carbocycles. The minimum atomic E-state index is -0.994. The molecule has 0 aromatic heterocycles. The monoisotopic (exact) mass is 515 g/mol. The molecule has 2 unspecified atom stereocenters. The highest BCUT2D eigenvalue weighted by Gasteiger charge is 2.35. The lowest BCUT2D eigenvalue weighted by Crippen LogP contribution is -2.48. The Balaban J connectivity index is 1.49. The number of carboxylic acid groups (broad SMARTS) is 1. The number of ether oxygens (including phenoxy) is 5. The van der Waals surface area contributed by atoms with Gasteiger partial charge in [-0.25, -0.2) is 9.59 Å². The summed E-state index contributed by atoms with van der Waals surface area (Å²) in [4.78, 5) is 24.9. The molecule has 202 valence electrons. The molecule has 2 aromatic rings. The third-order valence-electron chi connectivity index (χ3n) is 6.29. The predicted molar refractivity (Wildman–Crippen MR) is 137 cm³/mol. The molecule has 3 atom stereocenters. The van der Waals surface area contributed by atoms with Crippen LogP contribution < -0.4 is 9.47 Å². The number of rotatable bonds is 13. The van der Waals surface area contributed by atoms with E-state index in [2.05, 4.69) is 0 Å². The van der Waals surface area contributed by atoms with E-state index in [0.717, 1.165) is 29.0 Å². The molecule has 0 radical (unpaired) electrons. The summed E-state index contributed by atoms with van der Waals surface area (Å²) in [5, 5.41) is 9.44. The summed E-state index contributed by atoms with van der Waals surface area (Å²) in [7, 11) is 1.65. The Kier molecular flexibility index (Phi) is 11.0. The van der Waals surface area contributed by atoms with Gasteiger partial charge in [0.25, 0.3) is 0 Å². The first-order chi connectivity index (χ1) is 17.9. The molecule has 0 aliphatic carbocycles. The lowest BCUT2D eigenvalue weighted by Gasteiger charge is -2.38. The minimum absolute atomic E-state index is 0.0510. The van der Waals surface area contributed by atoms with Crippen LogP contribution in [0.3, 0.4) is 0 Å². The fourth-order valence-electron chi connectivity index (χ4n) is 4.35. The highest BCUT2D eigenvalue weighted by atomic mass is 16.6. The van der Waals surface area contributed by atoms with E-state index in [0.29, 0.717) is 32.8 Å². The number of carbonyl (C=O) groups excluding carboxylic acids is 1. The zero-order valence-corrected chi connectivity index (χ0v) is 21.8. The molecule has 1 N–H and O–H groups in total. The first-order valence-corrected chi connectivity index (χ1v) is 12.6. The van der Waals surface area contributed by atoms with Gasteiger partial charge in [0.2, 0.25) is 0 Å². The number of carbonyl (C=O) groups is 2. The van der Waals surface area contributed by atoms with E-state index in [9.17, 15) is 14.7 Å². The van der Waals surface area contributed by atoms with Gasteiger partial charge >= 0.3 is 12.1 Å². The van der Waals surface area contributed by atoms with Crippen molar-refractivity contribution in [3.8, 4) is 11.5 Å². The number of methoxy groups -OCH3 is 1. The number of benzene rings is 2. The fraction of sp³-hybridized carbons (Fsp3) is 0.500. The fourth-order valence-corrected chi connectivity index (χ4v) is 4.35. The molecule has 1 heterocycles. The van der Waals surface area contributed by atoms with Gasteiger partial charge in [-0.05, 0) is 44.0 Å². The van der Waals surface area contributed by atoms with Crippen LogP contribution >= 0.6 is 0 Å². The molecular formula is C28H37NO8. The van der Waals surface area contributed by atoms with E-state index in [1.807, 2.05) is 48.5 Å². The normalized spacial score (nSPS) is 18.2. The Labute approximate surface area is 218 Å². The topological polar surface area (TPSA) is 104 Å². The lowest BCUT2D eigenvalue weighted by atomic mass is 9.87. The first-order valence-electron chi connectivity index (χ1n) is 12.6. The maximum absolute atomic E-state index is 12.1. The molecule has 2 aromatic carbocycles. The van der Waals surface area contributed by atoms with Gasteiger partial charge in [0.15, 0.2) is 6.10 Å². The number of amides is 1. The van der Waals surface area contributed by atoms with Gasteiger partial charge in [0.1, 0.15) is 11.5 Å². The van der Waals surface area contributed by atoms with Crippen molar-refractivity contribution in [2.24, 2.45) is 0 Å². The van der Waals surface area contributed by atoms with Crippen LogP contribution in [0, 0.1) is 0 Å². The summed E-state index contributed by atoms with van der Waals surface area (Å²) >= 11 is 0. The number of para-hydroxylation sites is 1. The van der Waals surface area contributed by atoms with Crippen molar-refractivity contribution in [2.75, 3.05) is 40.0 Å². The van der Waals surface area contributed by atoms with Crippen molar-refractivity contribution in [1.29, 1.82) is 0 Å². The van der Waals surface area contributed by atoms with E-state index >= 15 is 0 Å². The zero-order chi connectivity index (χ0) is 26.6. The van der Waals surface area contributed by atoms with E-state index in [1.165, 1.54) is 4.90 Å². The van der Waals surface area contributed by atoms with Crippen LogP contribution in [0.4, 0.5) is 4.79 Å². The number of hydrogen-bond donors (Lipinski definition) is 1. The summed E-state index contributed by atoms with van der Waals surface area (Å²) in [6, 6.07) is 15.5. The van der Waals surface area contributed by atoms with E-state index in [-0.39, 0.29) is 19.1 Å². The van der Waals surface area contributed by atoms with Gasteiger partial charge in [0.05, 0.1) is 46.2 Å². The minimum Gasteiger partial charge on any atom is -0.496 e. The molecule has 0 bridgehead atoms. The molecular weight excluding hydrogens is 478 g/mol. The van der Waals surface area contributed by atoms with E-state index < -0.39 is 24.3 Å². The number of piperidine rings is 1. The van der Waals surface area contributed by atoms with Crippen LogP contribution in [0.25, 0.3) is 0 Å². The number of likely N-dealkylation sites (tertiary alicyclic amines) is 1. The van der Waals surface area contributed by atoms with E-state index in [4.69, 9.17) is 23.7 Å². The maximum atomic E-state index is 12.1. The Hall–Kier alpha value is -3.30. The molecule has 9 nitrogen and oxygen atoms in total. The second kappa shape index (κ2) is 14.4. The van der Waals surface area contributed by atoms with Gasteiger partial charge in [-0.1, -0.05) is 30.3 Å². The summed E-state index contributed by atoms with van der Waals surface area (Å²) in [6.07, 6.45) is -0.903. The van der Waals surface area contributed by atoms with E-state index in [1.54, 1.807) is 21.0 Å². The van der Waals surface area contributed by atoms with Gasteiger partial charge in [-0.15, -0.1) is 0 Å². The molecule has 1 aliphatic heterocycles. The van der Waals surface area contributed by atoms with Crippen LogP contribution in [0.2, 0.25) is 0 Å². The van der Waals surface area contributed by atoms with Gasteiger partial charge < -0.3 is 33.7 Å². The second-order valence-corrected chi connectivity index (χ2v) is 8.83. The molecule has 3 rings (SSSR count). The predicted octanol–water partition coefficient (Wildman–Crippen LogP) is 4.49. The largest absolute Gasteiger partial charge is 0.496 e. The Morgan fingerprint density at radius 3 is 2.57 bits per heavy atom. The molecule has 37 heavy (non-hydrogen) atoms. The molecule has 1 aliphatic rings. The van der Waals surface area contributed by atoms with Crippen molar-refractivity contribution in [2.45, 2.75) is 51.4 Å². The molecule has 1 amide bonds. The van der Waals surface area contributed by atoms with Crippen LogP contribution in [-0.4, -0.2) is 74.3 Å². The van der Waals surface area contributed by atoms with Crippen molar-refractivity contribution in [1.82, 2.24) is 4.90 Å². The molecule has 1 saturated heterocycles. The quantitative estimate of drug-likeness (QED) is 0.308. The van der Waals surface area contributed by atoms with Crippen molar-refractivity contribution >= 4 is 12.1 Å². The average molecular weight is 516 g/mol. The van der Waals surface area contributed by atoms with Crippen LogP contribution in [-0.2, 0) is 25.6 Å². The smallest absolute Gasteiger partial charge is 0.407 e. The molecule has 0 spiro atoms. The van der Waals surface area contributed by atoms with Gasteiger partial charge in [-0.3, -0.25) is 0 Å². The highest BCUT2D eigenvalue weighted by Crippen LogP contribution is 2.32. The summed E-state index contributed by atoms with van der Waals surface area (Å²) in [6.45, 7) is 5.79. The van der Waals surface area contributed by atoms with Crippen LogP contribution in [0.15, 0.2) is 48.5 Å². The summed E-state index contributed by atoms with van der Waals surface area (Å²) in [5.74, 6) is 1.05. The SMILES string of the molecule is CCOC(=O)[C@@H](C)OC1CN(C(=O)O)CCC1c1ccc(OCCCOCc2ccccc2OC)cc1. The zero-order valence-electron chi connectivity index (χ0n) is 21.8. The highest BCUT2D eigenvalue weighted by molar-refractivity contribution is 5.74. The second-order valence-electron chi connectivity index (χ2n) is 8.83. The van der Waals surface area contributed by atoms with Crippen LogP contribution in [0.5, 0.6) is 11.5 Å². The van der Waals surface area contributed by atoms with Gasteiger partial charge in [0, 0.05) is 24.4 Å². The molecule has 1 fully saturated rings. The third-order valence-corrected chi connectivity index (χ3v) is 6.29. The standard InChI is InChI=1S/C28H37NO8/c1-4-35-27(30)20(2)37-26-18-29(28(31)32)15-14-24(26)21-10-12-23(13-11-21)36-17-7-16-34-19-22-8-5-6-9-25(22)33-3/h5-6,8-13,20,24,26H,4,7,14-19H2,1-3H3,(H,31,32)/t20-,24?,26?/m1/s1. The number of nitrogens with zero attached hydrogens (tertiary/aromatic N) is 1. The number of esters is 1. The van der Waals surface area contributed by atoms with Crippen molar-refractivity contribution in [3.05, 3.63) is 59.7 Å². The van der Waals surface area contributed by atoms with Crippen LogP contribution in [0.1, 0.15) is 43.7 Å². The number of hydrogen-bond acceptors (Lipinski definition) is 7. The average Bonchev–Trinajstić information content (AvgIpc) is 2.91. The first kappa shape index (κ1) is 28.3.